The Morgan fingerprint density at radius 3 is 2.90 bits per heavy atom. The van der Waals surface area contributed by atoms with Gasteiger partial charge in [0.05, 0.1) is 5.39 Å². The normalized spacial score (nSPS) is 14.2. The van der Waals surface area contributed by atoms with E-state index in [1.165, 1.54) is 6.20 Å². The minimum Gasteiger partial charge on any atom is -0.345 e. The molecule has 4 rings (SSSR count). The third kappa shape index (κ3) is 4.03. The highest BCUT2D eigenvalue weighted by atomic mass is 16.2. The molecule has 29 heavy (non-hydrogen) atoms. The number of anilines is 1. The molecule has 0 saturated carbocycles. The van der Waals surface area contributed by atoms with Gasteiger partial charge < -0.3 is 15.2 Å². The van der Waals surface area contributed by atoms with Crippen LogP contribution in [0.3, 0.4) is 0 Å². The highest BCUT2D eigenvalue weighted by molar-refractivity contribution is 6.05. The van der Waals surface area contributed by atoms with Gasteiger partial charge in [-0.1, -0.05) is 12.1 Å². The molecule has 1 fully saturated rings. The van der Waals surface area contributed by atoms with Gasteiger partial charge in [0, 0.05) is 37.1 Å². The van der Waals surface area contributed by atoms with Gasteiger partial charge in [-0.3, -0.25) is 14.4 Å². The lowest BCUT2D eigenvalue weighted by molar-refractivity contribution is -0.133. The number of nitrogens with one attached hydrogen (secondary N) is 2. The Morgan fingerprint density at radius 2 is 2.07 bits per heavy atom. The number of aryl methyl sites for hydroxylation is 1. The Hall–Kier alpha value is -3.48. The molecule has 148 valence electrons. The van der Waals surface area contributed by atoms with Crippen molar-refractivity contribution in [3.8, 4) is 0 Å². The number of piperidine rings is 1. The first-order valence-corrected chi connectivity index (χ1v) is 9.68. The van der Waals surface area contributed by atoms with E-state index in [-0.39, 0.29) is 16.9 Å². The lowest BCUT2D eigenvalue weighted by Crippen LogP contribution is -2.34. The van der Waals surface area contributed by atoms with Crippen LogP contribution in [0.15, 0.2) is 47.4 Å². The average Bonchev–Trinajstić information content (AvgIpc) is 2.70. The molecule has 1 saturated heterocycles. The number of aromatic nitrogens is 2. The molecule has 2 N–H and O–H groups in total. The van der Waals surface area contributed by atoms with Crippen LogP contribution in [0.4, 0.5) is 5.69 Å². The lowest BCUT2D eigenvalue weighted by atomic mass is 10.1. The van der Waals surface area contributed by atoms with Gasteiger partial charge in [-0.25, -0.2) is 4.98 Å². The number of H-pyrrole nitrogens is 1. The Balaban J connectivity index is 1.53. The van der Waals surface area contributed by atoms with Gasteiger partial charge in [-0.15, -0.1) is 0 Å². The molecular formula is C22H22N4O3. The second kappa shape index (κ2) is 7.87. The third-order valence-electron chi connectivity index (χ3n) is 5.10. The minimum absolute atomic E-state index is 0.0276. The van der Waals surface area contributed by atoms with Crippen LogP contribution in [0, 0.1) is 6.92 Å². The van der Waals surface area contributed by atoms with E-state index in [0.29, 0.717) is 29.7 Å². The number of hydrogen-bond acceptors (Lipinski definition) is 4. The summed E-state index contributed by atoms with van der Waals surface area (Å²) in [5.74, 6) is -0.322. The molecule has 1 aliphatic heterocycles. The first-order valence-electron chi connectivity index (χ1n) is 9.68. The lowest BCUT2D eigenvalue weighted by Gasteiger charge is -2.26. The van der Waals surface area contributed by atoms with Crippen molar-refractivity contribution in [3.05, 3.63) is 69.6 Å². The number of rotatable bonds is 4. The molecule has 3 aromatic rings. The molecule has 2 aromatic heterocycles. The minimum atomic E-state index is -0.486. The Kier molecular flexibility index (Phi) is 5.12. The third-order valence-corrected chi connectivity index (χ3v) is 5.10. The van der Waals surface area contributed by atoms with Crippen LogP contribution in [0.5, 0.6) is 0 Å². The quantitative estimate of drug-likeness (QED) is 0.716. The van der Waals surface area contributed by atoms with Crippen molar-refractivity contribution >= 4 is 28.5 Å². The number of hydrogen-bond donors (Lipinski definition) is 2. The van der Waals surface area contributed by atoms with Gasteiger partial charge in [0.15, 0.2) is 0 Å². The van der Waals surface area contributed by atoms with Gasteiger partial charge in [-0.2, -0.15) is 0 Å². The van der Waals surface area contributed by atoms with Crippen molar-refractivity contribution in [2.45, 2.75) is 32.7 Å². The molecule has 7 heteroatoms. The molecule has 3 heterocycles. The van der Waals surface area contributed by atoms with Crippen LogP contribution >= 0.6 is 0 Å². The molecule has 0 unspecified atom stereocenters. The SMILES string of the molecule is Cc1ccc2c(=O)c(C(=O)Nc3cccc(CN4CCCCC4=O)c3)c[nH]c2n1. The van der Waals surface area contributed by atoms with Gasteiger partial charge in [0.25, 0.3) is 5.91 Å². The van der Waals surface area contributed by atoms with Gasteiger partial charge in [0.2, 0.25) is 11.3 Å². The zero-order chi connectivity index (χ0) is 20.4. The van der Waals surface area contributed by atoms with E-state index in [4.69, 9.17) is 0 Å². The topological polar surface area (TPSA) is 95.2 Å². The van der Waals surface area contributed by atoms with Crippen LogP contribution in [0.25, 0.3) is 11.0 Å². The summed E-state index contributed by atoms with van der Waals surface area (Å²) in [6, 6.07) is 10.8. The Labute approximate surface area is 167 Å². The van der Waals surface area contributed by atoms with Gasteiger partial charge in [0.1, 0.15) is 11.2 Å². The van der Waals surface area contributed by atoms with Crippen molar-refractivity contribution in [2.24, 2.45) is 0 Å². The number of pyridine rings is 2. The van der Waals surface area contributed by atoms with Crippen LogP contribution in [-0.2, 0) is 11.3 Å². The molecule has 0 atom stereocenters. The number of amides is 2. The fraction of sp³-hybridized carbons (Fsp3) is 0.273. The molecule has 0 spiro atoms. The van der Waals surface area contributed by atoms with Gasteiger partial charge >= 0.3 is 0 Å². The second-order valence-corrected chi connectivity index (χ2v) is 7.31. The summed E-state index contributed by atoms with van der Waals surface area (Å²) in [4.78, 5) is 46.4. The summed E-state index contributed by atoms with van der Waals surface area (Å²) in [5.41, 5.74) is 2.43. The maximum atomic E-state index is 12.7. The van der Waals surface area contributed by atoms with Crippen molar-refractivity contribution in [3.63, 3.8) is 0 Å². The molecule has 0 radical (unpaired) electrons. The molecule has 2 amide bonds. The predicted octanol–water partition coefficient (Wildman–Crippen LogP) is 3.00. The van der Waals surface area contributed by atoms with Crippen LogP contribution in [0.2, 0.25) is 0 Å². The van der Waals surface area contributed by atoms with Crippen LogP contribution in [-0.4, -0.2) is 33.2 Å². The Bertz CT molecular complexity index is 1150. The molecule has 0 bridgehead atoms. The zero-order valence-electron chi connectivity index (χ0n) is 16.2. The molecule has 1 aromatic carbocycles. The van der Waals surface area contributed by atoms with Crippen molar-refractivity contribution in [1.82, 2.24) is 14.9 Å². The fourth-order valence-corrected chi connectivity index (χ4v) is 3.56. The first kappa shape index (κ1) is 18.9. The summed E-state index contributed by atoms with van der Waals surface area (Å²) in [6.45, 7) is 3.11. The molecule has 1 aliphatic rings. The van der Waals surface area contributed by atoms with Crippen molar-refractivity contribution in [2.75, 3.05) is 11.9 Å². The highest BCUT2D eigenvalue weighted by Crippen LogP contribution is 2.17. The van der Waals surface area contributed by atoms with Crippen LogP contribution < -0.4 is 10.7 Å². The first-order chi connectivity index (χ1) is 14.0. The summed E-state index contributed by atoms with van der Waals surface area (Å²) in [7, 11) is 0. The summed E-state index contributed by atoms with van der Waals surface area (Å²) >= 11 is 0. The van der Waals surface area contributed by atoms with E-state index >= 15 is 0 Å². The molecular weight excluding hydrogens is 368 g/mol. The highest BCUT2D eigenvalue weighted by Gasteiger charge is 2.18. The number of nitrogens with zero attached hydrogens (tertiary/aromatic N) is 2. The monoisotopic (exact) mass is 390 g/mol. The number of fused-ring (bicyclic) bond motifs is 1. The molecule has 0 aliphatic carbocycles. The number of carbonyl (C=O) groups is 2. The van der Waals surface area contributed by atoms with E-state index in [1.807, 2.05) is 30.0 Å². The molecule has 7 nitrogen and oxygen atoms in total. The summed E-state index contributed by atoms with van der Waals surface area (Å²) in [6.07, 6.45) is 3.94. The Morgan fingerprint density at radius 1 is 1.21 bits per heavy atom. The average molecular weight is 390 g/mol. The fourth-order valence-electron chi connectivity index (χ4n) is 3.56. The van der Waals surface area contributed by atoms with E-state index in [9.17, 15) is 14.4 Å². The summed E-state index contributed by atoms with van der Waals surface area (Å²) in [5, 5.41) is 3.16. The number of likely N-dealkylation sites (tertiary alicyclic amines) is 1. The van der Waals surface area contributed by atoms with Crippen LogP contribution in [0.1, 0.15) is 40.9 Å². The number of benzene rings is 1. The number of carbonyl (C=O) groups excluding carboxylic acids is 2. The zero-order valence-corrected chi connectivity index (χ0v) is 16.2. The maximum Gasteiger partial charge on any atom is 0.261 e. The maximum absolute atomic E-state index is 12.7. The number of aromatic amines is 1. The van der Waals surface area contributed by atoms with Crippen molar-refractivity contribution in [1.29, 1.82) is 0 Å². The van der Waals surface area contributed by atoms with E-state index < -0.39 is 5.91 Å². The standard InChI is InChI=1S/C22H22N4O3/c1-14-8-9-17-20(28)18(12-23-21(17)24-14)22(29)25-16-6-4-5-15(11-16)13-26-10-3-2-7-19(26)27/h4-6,8-9,11-12H,2-3,7,10,13H2,1H3,(H,25,29)(H,23,24,28). The summed E-state index contributed by atoms with van der Waals surface area (Å²) < 4.78 is 0. The smallest absolute Gasteiger partial charge is 0.261 e. The van der Waals surface area contributed by atoms with Gasteiger partial charge in [-0.05, 0) is 49.6 Å². The van der Waals surface area contributed by atoms with E-state index in [2.05, 4.69) is 15.3 Å². The van der Waals surface area contributed by atoms with E-state index in [1.54, 1.807) is 18.2 Å². The second-order valence-electron chi connectivity index (χ2n) is 7.31. The largest absolute Gasteiger partial charge is 0.345 e. The van der Waals surface area contributed by atoms with E-state index in [0.717, 1.165) is 30.6 Å². The van der Waals surface area contributed by atoms with Crippen molar-refractivity contribution < 1.29 is 9.59 Å². The predicted molar refractivity (Wildman–Crippen MR) is 111 cm³/mol.